The van der Waals surface area contributed by atoms with Gasteiger partial charge in [-0.25, -0.2) is 8.78 Å². The second-order valence-electron chi connectivity index (χ2n) is 5.84. The molecule has 21 heavy (non-hydrogen) atoms. The number of carbonyl (C=O) groups is 1. The first kappa shape index (κ1) is 15.7. The number of hydrogen-bond donors (Lipinski definition) is 1. The lowest BCUT2D eigenvalue weighted by atomic mass is 9.88. The molecule has 2 unspecified atom stereocenters. The number of benzene rings is 1. The van der Waals surface area contributed by atoms with Crippen LogP contribution in [-0.4, -0.2) is 30.4 Å². The highest BCUT2D eigenvalue weighted by Gasteiger charge is 2.27. The fourth-order valence-corrected chi connectivity index (χ4v) is 2.67. The topological polar surface area (TPSA) is 32.3 Å². The van der Waals surface area contributed by atoms with Crippen LogP contribution in [0.3, 0.4) is 0 Å². The predicted octanol–water partition coefficient (Wildman–Crippen LogP) is 3.51. The number of piperidine rings is 1. The number of anilines is 1. The fourth-order valence-electron chi connectivity index (χ4n) is 2.67. The van der Waals surface area contributed by atoms with Gasteiger partial charge in [-0.05, 0) is 37.3 Å². The van der Waals surface area contributed by atoms with Crippen molar-refractivity contribution in [2.45, 2.75) is 27.2 Å². The van der Waals surface area contributed by atoms with E-state index < -0.39 is 11.6 Å². The molecule has 0 bridgehead atoms. The molecule has 1 aliphatic rings. The highest BCUT2D eigenvalue weighted by atomic mass is 19.1. The van der Waals surface area contributed by atoms with Crippen LogP contribution in [0.4, 0.5) is 14.5 Å². The minimum absolute atomic E-state index is 0.0772. The maximum atomic E-state index is 13.9. The first-order valence-electron chi connectivity index (χ1n) is 7.46. The van der Waals surface area contributed by atoms with Crippen LogP contribution >= 0.6 is 0 Å². The first-order valence-corrected chi connectivity index (χ1v) is 7.46. The average molecular weight is 296 g/mol. The van der Waals surface area contributed by atoms with Gasteiger partial charge in [-0.15, -0.1) is 0 Å². The van der Waals surface area contributed by atoms with E-state index in [1.165, 1.54) is 0 Å². The molecule has 116 valence electrons. The molecule has 1 fully saturated rings. The van der Waals surface area contributed by atoms with Crippen molar-refractivity contribution < 1.29 is 13.6 Å². The lowest BCUT2D eigenvalue weighted by molar-refractivity contribution is 0.0626. The van der Waals surface area contributed by atoms with Crippen molar-refractivity contribution in [1.82, 2.24) is 4.90 Å². The van der Waals surface area contributed by atoms with Crippen LogP contribution in [0.1, 0.15) is 37.6 Å². The van der Waals surface area contributed by atoms with Gasteiger partial charge in [0.25, 0.3) is 5.91 Å². The molecule has 1 saturated heterocycles. The van der Waals surface area contributed by atoms with Crippen molar-refractivity contribution in [3.8, 4) is 0 Å². The van der Waals surface area contributed by atoms with E-state index in [-0.39, 0.29) is 17.2 Å². The van der Waals surface area contributed by atoms with E-state index in [0.29, 0.717) is 31.5 Å². The zero-order chi connectivity index (χ0) is 15.6. The van der Waals surface area contributed by atoms with Crippen molar-refractivity contribution >= 4 is 11.6 Å². The minimum Gasteiger partial charge on any atom is -0.381 e. The van der Waals surface area contributed by atoms with E-state index in [9.17, 15) is 13.6 Å². The lowest BCUT2D eigenvalue weighted by Gasteiger charge is -2.35. The molecule has 1 amide bonds. The maximum Gasteiger partial charge on any atom is 0.254 e. The molecule has 0 saturated carbocycles. The summed E-state index contributed by atoms with van der Waals surface area (Å²) < 4.78 is 27.8. The Kier molecular flexibility index (Phi) is 4.80. The summed E-state index contributed by atoms with van der Waals surface area (Å²) >= 11 is 0. The number of nitrogens with zero attached hydrogens (tertiary/aromatic N) is 1. The third kappa shape index (κ3) is 3.34. The molecule has 3 nitrogen and oxygen atoms in total. The lowest BCUT2D eigenvalue weighted by Crippen LogP contribution is -2.42. The zero-order valence-electron chi connectivity index (χ0n) is 12.7. The summed E-state index contributed by atoms with van der Waals surface area (Å²) in [7, 11) is 0. The van der Waals surface area contributed by atoms with Crippen molar-refractivity contribution in [1.29, 1.82) is 0 Å². The van der Waals surface area contributed by atoms with E-state index in [4.69, 9.17) is 0 Å². The van der Waals surface area contributed by atoms with Gasteiger partial charge in [0.2, 0.25) is 0 Å². The zero-order valence-corrected chi connectivity index (χ0v) is 12.7. The van der Waals surface area contributed by atoms with Crippen molar-refractivity contribution in [3.63, 3.8) is 0 Å². The van der Waals surface area contributed by atoms with E-state index in [1.807, 2.05) is 0 Å². The maximum absolute atomic E-state index is 13.9. The van der Waals surface area contributed by atoms with Crippen LogP contribution in [0.5, 0.6) is 0 Å². The fraction of sp³-hybridized carbons (Fsp3) is 0.562. The number of amides is 1. The van der Waals surface area contributed by atoms with Crippen molar-refractivity contribution in [2.75, 3.05) is 25.0 Å². The molecule has 1 heterocycles. The molecule has 1 aliphatic heterocycles. The third-order valence-electron chi connectivity index (χ3n) is 4.26. The van der Waals surface area contributed by atoms with Gasteiger partial charge in [-0.2, -0.15) is 0 Å². The predicted molar refractivity (Wildman–Crippen MR) is 79.4 cm³/mol. The Morgan fingerprint density at radius 2 is 1.90 bits per heavy atom. The van der Waals surface area contributed by atoms with Gasteiger partial charge in [0.1, 0.15) is 17.3 Å². The Bertz CT molecular complexity index is 510. The van der Waals surface area contributed by atoms with Crippen molar-refractivity contribution in [3.05, 3.63) is 29.3 Å². The van der Waals surface area contributed by atoms with Crippen LogP contribution in [0.15, 0.2) is 12.1 Å². The molecule has 1 aromatic rings. The Morgan fingerprint density at radius 3 is 2.43 bits per heavy atom. The number of carbonyl (C=O) groups excluding carboxylic acids is 1. The summed E-state index contributed by atoms with van der Waals surface area (Å²) in [6.07, 6.45) is 0.924. The van der Waals surface area contributed by atoms with Gasteiger partial charge < -0.3 is 10.2 Å². The van der Waals surface area contributed by atoms with Gasteiger partial charge in [-0.3, -0.25) is 4.79 Å². The van der Waals surface area contributed by atoms with Crippen LogP contribution in [0, 0.1) is 23.5 Å². The van der Waals surface area contributed by atoms with Gasteiger partial charge in [0.05, 0.1) is 0 Å². The summed E-state index contributed by atoms with van der Waals surface area (Å²) in [5, 5.41) is 2.63. The van der Waals surface area contributed by atoms with Crippen LogP contribution in [0.2, 0.25) is 0 Å². The monoisotopic (exact) mass is 296 g/mol. The van der Waals surface area contributed by atoms with Crippen molar-refractivity contribution in [2.24, 2.45) is 11.8 Å². The van der Waals surface area contributed by atoms with Gasteiger partial charge >= 0.3 is 0 Å². The number of rotatable bonds is 3. The van der Waals surface area contributed by atoms with Crippen LogP contribution in [-0.2, 0) is 0 Å². The molecule has 1 N–H and O–H groups in total. The van der Waals surface area contributed by atoms with E-state index in [0.717, 1.165) is 18.6 Å². The van der Waals surface area contributed by atoms with E-state index in [1.54, 1.807) is 11.8 Å². The number of halogens is 2. The summed E-state index contributed by atoms with van der Waals surface area (Å²) in [6, 6.07) is 2.23. The summed E-state index contributed by atoms with van der Waals surface area (Å²) in [6.45, 7) is 7.72. The molecule has 2 rings (SSSR count). The van der Waals surface area contributed by atoms with E-state index in [2.05, 4.69) is 19.2 Å². The molecule has 5 heteroatoms. The normalized spacial score (nSPS) is 22.2. The van der Waals surface area contributed by atoms with Crippen LogP contribution < -0.4 is 5.32 Å². The first-order chi connectivity index (χ1) is 9.93. The molecule has 0 aliphatic carbocycles. The highest BCUT2D eigenvalue weighted by Crippen LogP contribution is 2.26. The van der Waals surface area contributed by atoms with Gasteiger partial charge in [0, 0.05) is 25.2 Å². The molecule has 1 aromatic carbocycles. The number of nitrogens with one attached hydrogen (secondary N) is 1. The summed E-state index contributed by atoms with van der Waals surface area (Å²) in [5.41, 5.74) is -0.0944. The van der Waals surface area contributed by atoms with Gasteiger partial charge in [0.15, 0.2) is 0 Å². The summed E-state index contributed by atoms with van der Waals surface area (Å²) in [4.78, 5) is 14.1. The Morgan fingerprint density at radius 1 is 1.29 bits per heavy atom. The molecule has 2 atom stereocenters. The summed E-state index contributed by atoms with van der Waals surface area (Å²) in [5.74, 6) is -0.774. The Balaban J connectivity index is 2.20. The molecule has 0 radical (unpaired) electrons. The number of hydrogen-bond acceptors (Lipinski definition) is 2. The second-order valence-corrected chi connectivity index (χ2v) is 5.84. The Labute approximate surface area is 124 Å². The Hall–Kier alpha value is -1.65. The number of likely N-dealkylation sites (tertiary alicyclic amines) is 1. The quantitative estimate of drug-likeness (QED) is 0.925. The minimum atomic E-state index is -0.723. The molecular formula is C16H22F2N2O. The molecule has 0 aromatic heterocycles. The highest BCUT2D eigenvalue weighted by molar-refractivity contribution is 5.94. The molecule has 0 spiro atoms. The second kappa shape index (κ2) is 6.41. The van der Waals surface area contributed by atoms with E-state index >= 15 is 0 Å². The smallest absolute Gasteiger partial charge is 0.254 e. The molecular weight excluding hydrogens is 274 g/mol. The largest absolute Gasteiger partial charge is 0.381 e. The standard InChI is InChI=1S/C16H22F2N2O/c1-4-19-15-13(17)7-12(8-14(15)18)16(21)20-6-5-10(2)11(3)9-20/h7-8,10-11,19H,4-6,9H2,1-3H3. The average Bonchev–Trinajstić information content (AvgIpc) is 2.45. The third-order valence-corrected chi connectivity index (χ3v) is 4.26. The van der Waals surface area contributed by atoms with Crippen LogP contribution in [0.25, 0.3) is 0 Å². The SMILES string of the molecule is CCNc1c(F)cc(C(=O)N2CCC(C)C(C)C2)cc1F. The van der Waals surface area contributed by atoms with Gasteiger partial charge in [-0.1, -0.05) is 13.8 Å².